The lowest BCUT2D eigenvalue weighted by Gasteiger charge is -2.08. The Kier molecular flexibility index (Phi) is 4.54. The van der Waals surface area contributed by atoms with Gasteiger partial charge in [0, 0.05) is 18.8 Å². The Labute approximate surface area is 119 Å². The Morgan fingerprint density at radius 1 is 1.45 bits per heavy atom. The van der Waals surface area contributed by atoms with Crippen LogP contribution in [0.15, 0.2) is 12.1 Å². The number of hydrogen-bond acceptors (Lipinski definition) is 3. The molecule has 0 atom stereocenters. The van der Waals surface area contributed by atoms with Crippen molar-refractivity contribution in [3.05, 3.63) is 29.6 Å². The molecule has 0 radical (unpaired) electrons. The van der Waals surface area contributed by atoms with Gasteiger partial charge in [0.2, 0.25) is 0 Å². The van der Waals surface area contributed by atoms with E-state index in [0.717, 1.165) is 6.07 Å². The second-order valence-electron chi connectivity index (χ2n) is 4.17. The van der Waals surface area contributed by atoms with Crippen molar-refractivity contribution in [2.24, 2.45) is 0 Å². The number of esters is 1. The van der Waals surface area contributed by atoms with Crippen LogP contribution in [0.3, 0.4) is 0 Å². The Bertz CT molecular complexity index is 643. The van der Waals surface area contributed by atoms with Crippen molar-refractivity contribution in [2.45, 2.75) is 19.4 Å². The Morgan fingerprint density at radius 3 is 2.85 bits per heavy atom. The number of rotatable bonds is 5. The molecule has 2 aromatic rings. The van der Waals surface area contributed by atoms with E-state index in [2.05, 4.69) is 9.72 Å². The number of aryl methyl sites for hydroxylation is 2. The van der Waals surface area contributed by atoms with E-state index in [1.165, 1.54) is 17.7 Å². The van der Waals surface area contributed by atoms with Crippen LogP contribution in [-0.4, -0.2) is 28.5 Å². The molecule has 0 unspecified atom stereocenters. The number of imidazole rings is 1. The molecule has 2 rings (SSSR count). The van der Waals surface area contributed by atoms with Gasteiger partial charge in [-0.3, -0.25) is 4.79 Å². The number of carbonyl (C=O) groups is 1. The summed E-state index contributed by atoms with van der Waals surface area (Å²) in [5.74, 6) is -1.54. The van der Waals surface area contributed by atoms with Gasteiger partial charge in [-0.25, -0.2) is 13.8 Å². The molecule has 0 saturated carbocycles. The number of benzene rings is 1. The van der Waals surface area contributed by atoms with E-state index in [0.29, 0.717) is 23.6 Å². The van der Waals surface area contributed by atoms with Gasteiger partial charge in [-0.15, -0.1) is 11.6 Å². The van der Waals surface area contributed by atoms with Gasteiger partial charge in [0.1, 0.15) is 11.3 Å². The smallest absolute Gasteiger partial charge is 0.307 e. The molecular weight excluding hydrogens is 290 g/mol. The molecular formula is C13H13ClF2N2O2. The summed E-state index contributed by atoms with van der Waals surface area (Å²) in [6, 6.07) is 2.43. The number of halogens is 3. The van der Waals surface area contributed by atoms with Crippen LogP contribution < -0.4 is 0 Å². The fourth-order valence-corrected chi connectivity index (χ4v) is 2.20. The third-order valence-corrected chi connectivity index (χ3v) is 3.15. The van der Waals surface area contributed by atoms with Gasteiger partial charge in [0.05, 0.1) is 19.0 Å². The topological polar surface area (TPSA) is 44.1 Å². The van der Waals surface area contributed by atoms with Crippen molar-refractivity contribution in [2.75, 3.05) is 13.0 Å². The van der Waals surface area contributed by atoms with E-state index in [9.17, 15) is 13.6 Å². The molecule has 1 heterocycles. The van der Waals surface area contributed by atoms with Crippen LogP contribution in [0.5, 0.6) is 0 Å². The van der Waals surface area contributed by atoms with E-state index in [1.807, 2.05) is 0 Å². The van der Waals surface area contributed by atoms with Crippen LogP contribution in [0.2, 0.25) is 0 Å². The first-order valence-electron chi connectivity index (χ1n) is 6.04. The number of alkyl halides is 1. The average Bonchev–Trinajstić information content (AvgIpc) is 2.79. The molecule has 7 heteroatoms. The molecule has 0 fully saturated rings. The van der Waals surface area contributed by atoms with Crippen molar-refractivity contribution >= 4 is 28.6 Å². The minimum absolute atomic E-state index is 0.0488. The fourth-order valence-electron chi connectivity index (χ4n) is 2.03. The van der Waals surface area contributed by atoms with Crippen molar-refractivity contribution in [3.63, 3.8) is 0 Å². The van der Waals surface area contributed by atoms with Crippen molar-refractivity contribution < 1.29 is 18.3 Å². The number of methoxy groups -OCH3 is 1. The molecule has 0 aliphatic rings. The van der Waals surface area contributed by atoms with E-state index >= 15 is 0 Å². The maximum absolute atomic E-state index is 13.9. The van der Waals surface area contributed by atoms with Gasteiger partial charge < -0.3 is 9.30 Å². The standard InChI is InChI=1S/C13H13ClF2N2O2/c1-20-11(19)5-7-18-10(4-6-14)17-9-3-2-8(15)12(16)13(9)18/h2-3H,4-7H2,1H3. The van der Waals surface area contributed by atoms with Crippen LogP contribution >= 0.6 is 11.6 Å². The van der Waals surface area contributed by atoms with E-state index in [4.69, 9.17) is 11.6 Å². The summed E-state index contributed by atoms with van der Waals surface area (Å²) in [6.07, 6.45) is 0.450. The zero-order valence-electron chi connectivity index (χ0n) is 10.8. The minimum atomic E-state index is -0.972. The number of ether oxygens (including phenoxy) is 1. The highest BCUT2D eigenvalue weighted by Gasteiger charge is 2.17. The van der Waals surface area contributed by atoms with Gasteiger partial charge in [-0.1, -0.05) is 0 Å². The van der Waals surface area contributed by atoms with Gasteiger partial charge in [-0.05, 0) is 12.1 Å². The van der Waals surface area contributed by atoms with Crippen LogP contribution in [0.25, 0.3) is 11.0 Å². The molecule has 0 amide bonds. The summed E-state index contributed by atoms with van der Waals surface area (Å²) >= 11 is 5.68. The number of hydrogen-bond donors (Lipinski definition) is 0. The normalized spacial score (nSPS) is 11.0. The molecule has 4 nitrogen and oxygen atoms in total. The molecule has 0 bridgehead atoms. The highest BCUT2D eigenvalue weighted by molar-refractivity contribution is 6.17. The molecule has 1 aromatic heterocycles. The quantitative estimate of drug-likeness (QED) is 0.630. The zero-order valence-corrected chi connectivity index (χ0v) is 11.6. The average molecular weight is 303 g/mol. The summed E-state index contributed by atoms with van der Waals surface area (Å²) in [6.45, 7) is 0.162. The largest absolute Gasteiger partial charge is 0.469 e. The molecule has 0 aliphatic heterocycles. The predicted molar refractivity (Wildman–Crippen MR) is 70.7 cm³/mol. The molecule has 0 aliphatic carbocycles. The lowest BCUT2D eigenvalue weighted by molar-refractivity contribution is -0.140. The van der Waals surface area contributed by atoms with Crippen LogP contribution in [-0.2, 0) is 22.5 Å². The third-order valence-electron chi connectivity index (χ3n) is 2.96. The van der Waals surface area contributed by atoms with E-state index in [1.54, 1.807) is 0 Å². The van der Waals surface area contributed by atoms with E-state index < -0.39 is 17.6 Å². The summed E-state index contributed by atoms with van der Waals surface area (Å²) in [5.41, 5.74) is 0.392. The fraction of sp³-hybridized carbons (Fsp3) is 0.385. The first-order valence-corrected chi connectivity index (χ1v) is 6.57. The van der Waals surface area contributed by atoms with Gasteiger partial charge >= 0.3 is 5.97 Å². The minimum Gasteiger partial charge on any atom is -0.469 e. The van der Waals surface area contributed by atoms with Crippen molar-refractivity contribution in [1.82, 2.24) is 9.55 Å². The van der Waals surface area contributed by atoms with Gasteiger partial charge in [0.15, 0.2) is 11.6 Å². The van der Waals surface area contributed by atoms with Gasteiger partial charge in [-0.2, -0.15) is 0 Å². The first kappa shape index (κ1) is 14.7. The molecule has 1 aromatic carbocycles. The molecule has 0 saturated heterocycles. The Hall–Kier alpha value is -1.69. The summed E-state index contributed by atoms with van der Waals surface area (Å²) < 4.78 is 33.3. The summed E-state index contributed by atoms with van der Waals surface area (Å²) in [7, 11) is 1.27. The van der Waals surface area contributed by atoms with Crippen LogP contribution in [0.1, 0.15) is 12.2 Å². The highest BCUT2D eigenvalue weighted by atomic mass is 35.5. The number of aromatic nitrogens is 2. The zero-order chi connectivity index (χ0) is 14.7. The maximum atomic E-state index is 13.9. The maximum Gasteiger partial charge on any atom is 0.307 e. The number of carbonyl (C=O) groups excluding carboxylic acids is 1. The molecule has 108 valence electrons. The highest BCUT2D eigenvalue weighted by Crippen LogP contribution is 2.23. The van der Waals surface area contributed by atoms with Gasteiger partial charge in [0.25, 0.3) is 0 Å². The monoisotopic (exact) mass is 302 g/mol. The molecule has 0 N–H and O–H groups in total. The summed E-state index contributed by atoms with van der Waals surface area (Å²) in [5, 5.41) is 0. The summed E-state index contributed by atoms with van der Waals surface area (Å²) in [4.78, 5) is 15.4. The van der Waals surface area contributed by atoms with Crippen molar-refractivity contribution in [1.29, 1.82) is 0 Å². The Balaban J connectivity index is 2.49. The van der Waals surface area contributed by atoms with E-state index in [-0.39, 0.29) is 18.5 Å². The van der Waals surface area contributed by atoms with Crippen LogP contribution in [0, 0.1) is 11.6 Å². The number of nitrogens with zero attached hydrogens (tertiary/aromatic N) is 2. The first-order chi connectivity index (χ1) is 9.58. The lowest BCUT2D eigenvalue weighted by Crippen LogP contribution is -2.11. The lowest BCUT2D eigenvalue weighted by atomic mass is 10.3. The van der Waals surface area contributed by atoms with Crippen LogP contribution in [0.4, 0.5) is 8.78 Å². The SMILES string of the molecule is COC(=O)CCn1c(CCCl)nc2ccc(F)c(F)c21. The number of fused-ring (bicyclic) bond motifs is 1. The Morgan fingerprint density at radius 2 is 2.20 bits per heavy atom. The third kappa shape index (κ3) is 2.75. The van der Waals surface area contributed by atoms with Crippen molar-refractivity contribution in [3.8, 4) is 0 Å². The molecule has 0 spiro atoms. The predicted octanol–water partition coefficient (Wildman–Crippen LogP) is 2.66. The second kappa shape index (κ2) is 6.17. The second-order valence-corrected chi connectivity index (χ2v) is 4.55. The molecule has 20 heavy (non-hydrogen) atoms.